The van der Waals surface area contributed by atoms with Crippen LogP contribution in [0, 0.1) is 0 Å². The molecule has 10 heteroatoms. The Morgan fingerprint density at radius 1 is 0.311 bits per heavy atom. The fourth-order valence-electron chi connectivity index (χ4n) is 10.1. The van der Waals surface area contributed by atoms with Crippen LogP contribution >= 0.6 is 0 Å². The molecule has 8 nitrogen and oxygen atoms in total. The first-order valence-electron chi connectivity index (χ1n) is 24.4. The molecule has 10 aromatic rings. The molecule has 6 aromatic heterocycles. The third kappa shape index (κ3) is 8.52. The van der Waals surface area contributed by atoms with Crippen molar-refractivity contribution < 1.29 is 0 Å². The molecule has 0 amide bonds. The fraction of sp³-hybridized carbons (Fsp3) is 0. The maximum absolute atomic E-state index is 5.82. The van der Waals surface area contributed by atoms with Gasteiger partial charge in [0.2, 0.25) is 0 Å². The van der Waals surface area contributed by atoms with Gasteiger partial charge in [-0.2, -0.15) is 0 Å². The summed E-state index contributed by atoms with van der Waals surface area (Å²) >= 11 is -0.103. The van der Waals surface area contributed by atoms with Crippen molar-refractivity contribution in [2.45, 2.75) is 0 Å². The number of H-pyrrole nitrogens is 4. The van der Waals surface area contributed by atoms with Crippen molar-refractivity contribution in [2.75, 3.05) is 0 Å². The van der Waals surface area contributed by atoms with E-state index in [2.05, 4.69) is 251 Å². The third-order valence-electron chi connectivity index (χ3n) is 13.3. The van der Waals surface area contributed by atoms with Gasteiger partial charge in [0.1, 0.15) is 0 Å². The van der Waals surface area contributed by atoms with E-state index in [4.69, 9.17) is 19.9 Å². The van der Waals surface area contributed by atoms with Crippen LogP contribution in [0.15, 0.2) is 194 Å². The molecule has 0 saturated carbocycles. The minimum atomic E-state index is -0.0772. The van der Waals surface area contributed by atoms with Gasteiger partial charge in [0.05, 0.1) is 0 Å². The Labute approximate surface area is 437 Å². The van der Waals surface area contributed by atoms with E-state index in [1.165, 1.54) is 8.92 Å². The number of nitrogens with one attached hydrogen (secondary N) is 4. The summed E-state index contributed by atoms with van der Waals surface area (Å²) in [5.74, 6) is 0. The molecule has 74 heavy (non-hydrogen) atoms. The van der Waals surface area contributed by atoms with Gasteiger partial charge in [0.25, 0.3) is 0 Å². The number of benzene rings is 4. The van der Waals surface area contributed by atoms with Crippen LogP contribution in [0.4, 0.5) is 0 Å². The van der Waals surface area contributed by atoms with Gasteiger partial charge in [-0.15, -0.1) is 0 Å². The molecule has 0 spiro atoms. The molecule has 0 fully saturated rings. The second kappa shape index (κ2) is 18.6. The first kappa shape index (κ1) is 43.9. The number of rotatable bonds is 7. The zero-order chi connectivity index (χ0) is 49.0. The van der Waals surface area contributed by atoms with E-state index >= 15 is 0 Å². The zero-order valence-corrected chi connectivity index (χ0v) is 43.0. The number of hydrogen-bond donors (Lipinski definition) is 4. The molecule has 0 aliphatic carbocycles. The summed E-state index contributed by atoms with van der Waals surface area (Å²) < 4.78 is 2.53. The first-order valence-corrected chi connectivity index (χ1v) is 30.5. The van der Waals surface area contributed by atoms with Crippen LogP contribution < -0.4 is 8.92 Å². The Balaban J connectivity index is 1.07. The van der Waals surface area contributed by atoms with Crippen molar-refractivity contribution in [3.05, 3.63) is 251 Å². The monoisotopic (exact) mass is 1080 g/mol. The van der Waals surface area contributed by atoms with Crippen LogP contribution in [0.3, 0.4) is 0 Å². The molecular weight excluding hydrogens is 1040 g/mol. The van der Waals surface area contributed by atoms with Gasteiger partial charge < -0.3 is 0 Å². The van der Waals surface area contributed by atoms with E-state index in [1.807, 2.05) is 0 Å². The van der Waals surface area contributed by atoms with E-state index in [0.29, 0.717) is 0 Å². The maximum atomic E-state index is 5.82. The zero-order valence-electron chi connectivity index (χ0n) is 39.5. The summed E-state index contributed by atoms with van der Waals surface area (Å²) in [4.78, 5) is 36.2. The van der Waals surface area contributed by atoms with Gasteiger partial charge in [0.15, 0.2) is 0 Å². The van der Waals surface area contributed by atoms with Gasteiger partial charge in [-0.05, 0) is 0 Å². The average molecular weight is 1080 g/mol. The molecule has 0 unspecified atom stereocenters. The van der Waals surface area contributed by atoms with Crippen LogP contribution in [0.5, 0.6) is 0 Å². The number of nitrogens with zero attached hydrogens (tertiary/aromatic N) is 4. The van der Waals surface area contributed by atoms with E-state index in [9.17, 15) is 0 Å². The third-order valence-corrected chi connectivity index (χ3v) is 20.5. The summed E-state index contributed by atoms with van der Waals surface area (Å²) in [7, 11) is 0. The minimum absolute atomic E-state index is 0.0261. The molecule has 0 saturated heterocycles. The van der Waals surface area contributed by atoms with Crippen LogP contribution in [-0.4, -0.2) is 66.1 Å². The number of aromatic amines is 4. The normalized spacial score (nSPS) is 12.8. The summed E-state index contributed by atoms with van der Waals surface area (Å²) in [6.45, 7) is 0. The van der Waals surface area contributed by atoms with Crippen molar-refractivity contribution >= 4 is 127 Å². The van der Waals surface area contributed by atoms with Gasteiger partial charge in [0, 0.05) is 0 Å². The Kier molecular flexibility index (Phi) is 11.0. The number of fused-ring (bicyclic) bond motifs is 16. The van der Waals surface area contributed by atoms with E-state index in [-0.39, 0.29) is 26.3 Å². The molecule has 4 aliphatic rings. The summed E-state index contributed by atoms with van der Waals surface area (Å²) in [5.41, 5.74) is 23.8. The SMILES string of the molecule is C1=Cc2cc3cc([Se][Se]c4c(-c5ccccc5)c5[nH]c4cc4nc(cc6ccc(cc7nc(c5-c5ccccc5)C(c5ccccc5)=C7c5ccccc5)[nH]6)C=C4)c(cc4nc(cc5ccc(cc1n2)[nH]5)C=C4)[nH]3. The predicted molar refractivity (Wildman–Crippen MR) is 308 cm³/mol. The van der Waals surface area contributed by atoms with Crippen molar-refractivity contribution in [1.82, 2.24) is 39.9 Å². The van der Waals surface area contributed by atoms with Crippen LogP contribution in [-0.2, 0) is 0 Å². The second-order valence-electron chi connectivity index (χ2n) is 18.4. The molecule has 4 aromatic carbocycles. The second-order valence-corrected chi connectivity index (χ2v) is 24.5. The van der Waals surface area contributed by atoms with Crippen molar-refractivity contribution in [1.29, 1.82) is 0 Å². The number of hydrogen-bond acceptors (Lipinski definition) is 4. The number of aromatic nitrogens is 8. The van der Waals surface area contributed by atoms with Crippen LogP contribution in [0.2, 0.25) is 0 Å². The summed E-state index contributed by atoms with van der Waals surface area (Å²) in [5, 5.41) is 0. The molecule has 16 bridgehead atoms. The summed E-state index contributed by atoms with van der Waals surface area (Å²) in [6, 6.07) is 68.9. The topological polar surface area (TPSA) is 115 Å². The predicted octanol–water partition coefficient (Wildman–Crippen LogP) is 13.1. The molecule has 4 aliphatic heterocycles. The Morgan fingerprint density at radius 3 is 1.27 bits per heavy atom. The Morgan fingerprint density at radius 2 is 0.743 bits per heavy atom. The van der Waals surface area contributed by atoms with Crippen molar-refractivity contribution in [3.63, 3.8) is 0 Å². The van der Waals surface area contributed by atoms with Crippen molar-refractivity contribution in [3.8, 4) is 22.3 Å². The van der Waals surface area contributed by atoms with Gasteiger partial charge in [-0.3, -0.25) is 0 Å². The molecule has 14 rings (SSSR count). The van der Waals surface area contributed by atoms with Gasteiger partial charge >= 0.3 is 440 Å². The van der Waals surface area contributed by atoms with Crippen molar-refractivity contribution in [2.24, 2.45) is 0 Å². The molecule has 0 radical (unpaired) electrons. The summed E-state index contributed by atoms with van der Waals surface area (Å²) in [6.07, 6.45) is 12.5. The van der Waals surface area contributed by atoms with E-state index < -0.39 is 0 Å². The molecular formula is C64H42N8Se2. The van der Waals surface area contributed by atoms with Gasteiger partial charge in [-0.1, -0.05) is 0 Å². The Hall–Kier alpha value is -8.88. The van der Waals surface area contributed by atoms with Crippen LogP contribution in [0.1, 0.15) is 56.7 Å². The van der Waals surface area contributed by atoms with E-state index in [1.54, 1.807) is 0 Å². The van der Waals surface area contributed by atoms with Crippen LogP contribution in [0.25, 0.3) is 114 Å². The first-order chi connectivity index (χ1) is 36.6. The molecule has 0 atom stereocenters. The quantitative estimate of drug-likeness (QED) is 0.119. The molecule has 350 valence electrons. The Bertz CT molecular complexity index is 4350. The standard InChI is InChI=1S/C64H42N8Se2/c1-5-13-39(14-6-1)58-55-36-51-29-26-47(68-51)33-48-27-30-52(69-48)37-56-64(61(42-19-11-4-12-20-42)63(72-56)60(41-17-9-3-10-18-41)62(71-55)59(58)40-15-7-2-8-16-40)74-73-57-38-53-34-49-24-23-45(66-49)31-43-21-22-44(65-43)32-46-25-28-50(67-46)35-54(57)70-53/h1-38,65,68,70,72H. The van der Waals surface area contributed by atoms with Gasteiger partial charge in [-0.25, -0.2) is 0 Å². The van der Waals surface area contributed by atoms with E-state index in [0.717, 1.165) is 134 Å². The average Bonchev–Trinajstić information content (AvgIpc) is 4.32. The fourth-order valence-corrected chi connectivity index (χ4v) is 17.5. The molecule has 4 N–H and O–H groups in total. The molecule has 10 heterocycles.